The second kappa shape index (κ2) is 10.9. The number of rotatable bonds is 9. The first-order valence-electron chi connectivity index (χ1n) is 9.08. The van der Waals surface area contributed by atoms with Gasteiger partial charge in [-0.05, 0) is 36.2 Å². The highest BCUT2D eigenvalue weighted by atomic mass is 16.6. The zero-order valence-corrected chi connectivity index (χ0v) is 16.6. The minimum absolute atomic E-state index is 0.127. The molecule has 29 heavy (non-hydrogen) atoms. The molecule has 0 aliphatic rings. The Balaban J connectivity index is 1.98. The van der Waals surface area contributed by atoms with Crippen molar-refractivity contribution in [2.75, 3.05) is 31.0 Å². The molecule has 0 spiro atoms. The van der Waals surface area contributed by atoms with E-state index in [-0.39, 0.29) is 24.2 Å². The minimum Gasteiger partial charge on any atom is -0.459 e. The van der Waals surface area contributed by atoms with Crippen LogP contribution in [0.5, 0.6) is 0 Å². The molecule has 0 radical (unpaired) electrons. The number of ether oxygens (including phenoxy) is 2. The highest BCUT2D eigenvalue weighted by Gasteiger charge is 2.25. The number of benzene rings is 1. The van der Waals surface area contributed by atoms with Gasteiger partial charge in [-0.1, -0.05) is 19.9 Å². The molecule has 9 nitrogen and oxygen atoms in total. The third-order valence-corrected chi connectivity index (χ3v) is 3.88. The van der Waals surface area contributed by atoms with Crippen molar-refractivity contribution in [3.63, 3.8) is 0 Å². The molecule has 0 aliphatic heterocycles. The number of furan rings is 1. The van der Waals surface area contributed by atoms with Gasteiger partial charge < -0.3 is 24.5 Å². The number of carbonyl (C=O) groups excluding carboxylic acids is 3. The zero-order chi connectivity index (χ0) is 21.2. The first-order chi connectivity index (χ1) is 13.9. The first kappa shape index (κ1) is 22.0. The summed E-state index contributed by atoms with van der Waals surface area (Å²) < 4.78 is 14.8. The Morgan fingerprint density at radius 1 is 1.03 bits per heavy atom. The van der Waals surface area contributed by atoms with Crippen molar-refractivity contribution in [1.82, 2.24) is 5.32 Å². The van der Waals surface area contributed by atoms with E-state index in [0.717, 1.165) is 0 Å². The highest BCUT2D eigenvalue weighted by Crippen LogP contribution is 2.17. The topological polar surface area (TPSA) is 119 Å². The average molecular weight is 403 g/mol. The molecule has 0 fully saturated rings. The number of carbonyl (C=O) groups is 3. The van der Waals surface area contributed by atoms with Gasteiger partial charge in [-0.15, -0.1) is 0 Å². The van der Waals surface area contributed by atoms with Crippen LogP contribution in [0.4, 0.5) is 16.2 Å². The van der Waals surface area contributed by atoms with E-state index in [4.69, 9.17) is 13.9 Å². The lowest BCUT2D eigenvalue weighted by molar-refractivity contribution is -0.118. The van der Waals surface area contributed by atoms with E-state index in [0.29, 0.717) is 18.0 Å². The second-order valence-electron chi connectivity index (χ2n) is 6.50. The number of nitrogens with one attached hydrogen (secondary N) is 3. The van der Waals surface area contributed by atoms with E-state index >= 15 is 0 Å². The van der Waals surface area contributed by atoms with Crippen LogP contribution in [0.3, 0.4) is 0 Å². The number of amides is 3. The third-order valence-electron chi connectivity index (χ3n) is 3.88. The molecule has 1 unspecified atom stereocenters. The van der Waals surface area contributed by atoms with E-state index in [1.165, 1.54) is 19.4 Å². The molecule has 9 heteroatoms. The summed E-state index contributed by atoms with van der Waals surface area (Å²) >= 11 is 0. The van der Waals surface area contributed by atoms with Gasteiger partial charge in [0, 0.05) is 18.5 Å². The molecule has 1 heterocycles. The normalized spacial score (nSPS) is 11.6. The summed E-state index contributed by atoms with van der Waals surface area (Å²) in [6.45, 7) is 4.06. The fourth-order valence-electron chi connectivity index (χ4n) is 2.42. The van der Waals surface area contributed by atoms with Crippen LogP contribution in [0.2, 0.25) is 0 Å². The molecule has 3 amide bonds. The van der Waals surface area contributed by atoms with Crippen molar-refractivity contribution in [2.45, 2.75) is 19.9 Å². The average Bonchev–Trinajstić information content (AvgIpc) is 3.21. The van der Waals surface area contributed by atoms with E-state index in [1.54, 1.807) is 30.3 Å². The molecule has 2 aromatic rings. The Morgan fingerprint density at radius 2 is 1.76 bits per heavy atom. The van der Waals surface area contributed by atoms with Gasteiger partial charge in [-0.3, -0.25) is 14.9 Å². The van der Waals surface area contributed by atoms with E-state index < -0.39 is 18.0 Å². The van der Waals surface area contributed by atoms with Gasteiger partial charge in [-0.2, -0.15) is 0 Å². The molecule has 0 aliphatic carbocycles. The summed E-state index contributed by atoms with van der Waals surface area (Å²) in [7, 11) is 1.51. The lowest BCUT2D eigenvalue weighted by Gasteiger charge is -2.21. The largest absolute Gasteiger partial charge is 0.459 e. The Hall–Kier alpha value is -3.33. The van der Waals surface area contributed by atoms with Crippen LogP contribution in [-0.4, -0.2) is 44.3 Å². The van der Waals surface area contributed by atoms with Crippen LogP contribution in [0.1, 0.15) is 24.4 Å². The Labute approximate surface area is 168 Å². The Bertz CT molecular complexity index is 819. The standard InChI is InChI=1S/C20H25N3O6/c1-13(2)17(23-18(24)16-8-5-9-28-16)19(25)21-14-6-4-7-15(12-14)22-20(26)29-11-10-27-3/h4-9,12-13,17H,10-11H2,1-3H3,(H,21,25)(H,22,26)(H,23,24). The summed E-state index contributed by atoms with van der Waals surface area (Å²) in [6.07, 6.45) is 0.759. The maximum atomic E-state index is 12.7. The molecule has 1 atom stereocenters. The predicted molar refractivity (Wildman–Crippen MR) is 107 cm³/mol. The number of hydrogen-bond acceptors (Lipinski definition) is 6. The summed E-state index contributed by atoms with van der Waals surface area (Å²) in [4.78, 5) is 36.6. The van der Waals surface area contributed by atoms with Crippen LogP contribution in [0.15, 0.2) is 47.1 Å². The predicted octanol–water partition coefficient (Wildman–Crippen LogP) is 2.87. The SMILES string of the molecule is COCCOC(=O)Nc1cccc(NC(=O)C(NC(=O)c2ccco2)C(C)C)c1. The van der Waals surface area contributed by atoms with Crippen molar-refractivity contribution < 1.29 is 28.3 Å². The van der Waals surface area contributed by atoms with Gasteiger partial charge in [0.15, 0.2) is 5.76 Å². The molecular weight excluding hydrogens is 378 g/mol. The lowest BCUT2D eigenvalue weighted by Crippen LogP contribution is -2.47. The summed E-state index contributed by atoms with van der Waals surface area (Å²) in [5.41, 5.74) is 0.911. The molecule has 0 saturated carbocycles. The quantitative estimate of drug-likeness (QED) is 0.554. The van der Waals surface area contributed by atoms with Crippen molar-refractivity contribution in [3.8, 4) is 0 Å². The molecule has 1 aromatic carbocycles. The number of methoxy groups -OCH3 is 1. The van der Waals surface area contributed by atoms with Crippen molar-refractivity contribution in [2.24, 2.45) is 5.92 Å². The fourth-order valence-corrected chi connectivity index (χ4v) is 2.42. The van der Waals surface area contributed by atoms with Crippen LogP contribution < -0.4 is 16.0 Å². The molecule has 0 bridgehead atoms. The highest BCUT2D eigenvalue weighted by molar-refractivity contribution is 6.00. The van der Waals surface area contributed by atoms with Gasteiger partial charge in [0.2, 0.25) is 5.91 Å². The van der Waals surface area contributed by atoms with E-state index in [1.807, 2.05) is 13.8 Å². The monoisotopic (exact) mass is 403 g/mol. The lowest BCUT2D eigenvalue weighted by atomic mass is 10.0. The Kier molecular flexibility index (Phi) is 8.23. The van der Waals surface area contributed by atoms with Gasteiger partial charge in [0.1, 0.15) is 12.6 Å². The summed E-state index contributed by atoms with van der Waals surface area (Å²) in [6, 6.07) is 8.93. The smallest absolute Gasteiger partial charge is 0.411 e. The molecule has 156 valence electrons. The third kappa shape index (κ3) is 6.96. The van der Waals surface area contributed by atoms with Crippen molar-refractivity contribution >= 4 is 29.3 Å². The Morgan fingerprint density at radius 3 is 2.38 bits per heavy atom. The number of anilines is 2. The summed E-state index contributed by atoms with van der Waals surface area (Å²) in [5, 5.41) is 7.98. The van der Waals surface area contributed by atoms with Crippen LogP contribution in [0.25, 0.3) is 0 Å². The number of hydrogen-bond donors (Lipinski definition) is 3. The van der Waals surface area contributed by atoms with Crippen LogP contribution in [-0.2, 0) is 14.3 Å². The van der Waals surface area contributed by atoms with Gasteiger partial charge in [0.25, 0.3) is 5.91 Å². The molecule has 2 rings (SSSR count). The second-order valence-corrected chi connectivity index (χ2v) is 6.50. The fraction of sp³-hybridized carbons (Fsp3) is 0.350. The maximum absolute atomic E-state index is 12.7. The van der Waals surface area contributed by atoms with E-state index in [9.17, 15) is 14.4 Å². The van der Waals surface area contributed by atoms with Crippen molar-refractivity contribution in [1.29, 1.82) is 0 Å². The molecule has 1 aromatic heterocycles. The molecular formula is C20H25N3O6. The van der Waals surface area contributed by atoms with E-state index in [2.05, 4.69) is 16.0 Å². The van der Waals surface area contributed by atoms with Crippen LogP contribution in [0, 0.1) is 5.92 Å². The maximum Gasteiger partial charge on any atom is 0.411 e. The van der Waals surface area contributed by atoms with Crippen molar-refractivity contribution in [3.05, 3.63) is 48.4 Å². The molecule has 3 N–H and O–H groups in total. The first-order valence-corrected chi connectivity index (χ1v) is 9.08. The summed E-state index contributed by atoms with van der Waals surface area (Å²) in [5.74, 6) is -0.898. The van der Waals surface area contributed by atoms with Gasteiger partial charge in [-0.25, -0.2) is 4.79 Å². The van der Waals surface area contributed by atoms with Crippen LogP contribution >= 0.6 is 0 Å². The zero-order valence-electron chi connectivity index (χ0n) is 16.6. The minimum atomic E-state index is -0.775. The van der Waals surface area contributed by atoms with Gasteiger partial charge >= 0.3 is 6.09 Å². The van der Waals surface area contributed by atoms with Gasteiger partial charge in [0.05, 0.1) is 12.9 Å². The molecule has 0 saturated heterocycles.